The maximum Gasteiger partial charge on any atom is 0.406 e. The normalized spacial score (nSPS) is 14.7. The molecule has 132 valence electrons. The molecule has 24 heavy (non-hydrogen) atoms. The van der Waals surface area contributed by atoms with Gasteiger partial charge >= 0.3 is 6.18 Å². The average molecular weight is 343 g/mol. The molecule has 6 nitrogen and oxygen atoms in total. The Labute approximate surface area is 137 Å². The van der Waals surface area contributed by atoms with Gasteiger partial charge in [-0.2, -0.15) is 13.2 Å². The van der Waals surface area contributed by atoms with Gasteiger partial charge in [-0.05, 0) is 6.42 Å². The van der Waals surface area contributed by atoms with Gasteiger partial charge in [-0.3, -0.25) is 0 Å². The number of hydrogen-bond acceptors (Lipinski definition) is 4. The summed E-state index contributed by atoms with van der Waals surface area (Å²) >= 11 is 0. The Morgan fingerprint density at radius 1 is 1.38 bits per heavy atom. The zero-order valence-electron chi connectivity index (χ0n) is 13.4. The van der Waals surface area contributed by atoms with Gasteiger partial charge in [-0.15, -0.1) is 0 Å². The van der Waals surface area contributed by atoms with Crippen LogP contribution in [0.2, 0.25) is 0 Å². The Morgan fingerprint density at radius 2 is 2.21 bits per heavy atom. The van der Waals surface area contributed by atoms with E-state index in [9.17, 15) is 13.2 Å². The van der Waals surface area contributed by atoms with Gasteiger partial charge < -0.3 is 19.2 Å². The molecule has 0 aliphatic carbocycles. The van der Waals surface area contributed by atoms with Crippen molar-refractivity contribution in [2.45, 2.75) is 52.2 Å². The Hall–Kier alpha value is -2.03. The fourth-order valence-corrected chi connectivity index (χ4v) is 2.87. The van der Waals surface area contributed by atoms with Crippen LogP contribution in [0.5, 0.6) is 0 Å². The number of halogens is 3. The van der Waals surface area contributed by atoms with Crippen molar-refractivity contribution >= 4 is 5.95 Å². The maximum absolute atomic E-state index is 12.6. The first-order valence-corrected chi connectivity index (χ1v) is 7.94. The summed E-state index contributed by atoms with van der Waals surface area (Å²) in [6.07, 6.45) is 0.183. The van der Waals surface area contributed by atoms with Crippen LogP contribution in [-0.2, 0) is 37.4 Å². The van der Waals surface area contributed by atoms with Gasteiger partial charge in [-0.25, -0.2) is 9.97 Å². The van der Waals surface area contributed by atoms with Gasteiger partial charge in [0.15, 0.2) is 0 Å². The van der Waals surface area contributed by atoms with E-state index in [0.717, 1.165) is 35.3 Å². The summed E-state index contributed by atoms with van der Waals surface area (Å²) in [5.74, 6) is 0.988. The predicted molar refractivity (Wildman–Crippen MR) is 81.5 cm³/mol. The van der Waals surface area contributed by atoms with Crippen LogP contribution in [0.25, 0.3) is 0 Å². The molecule has 1 aliphatic rings. The summed E-state index contributed by atoms with van der Waals surface area (Å²) in [6, 6.07) is 0. The average Bonchev–Trinajstić information content (AvgIpc) is 3.09. The van der Waals surface area contributed by atoms with E-state index in [1.165, 1.54) is 12.4 Å². The van der Waals surface area contributed by atoms with Gasteiger partial charge in [0.25, 0.3) is 0 Å². The monoisotopic (exact) mass is 343 g/mol. The quantitative estimate of drug-likeness (QED) is 0.876. The molecule has 0 fully saturated rings. The number of nitrogens with one attached hydrogen (secondary N) is 1. The minimum atomic E-state index is -4.27. The van der Waals surface area contributed by atoms with Crippen LogP contribution in [-0.4, -0.2) is 31.9 Å². The zero-order valence-corrected chi connectivity index (χ0v) is 13.4. The Balaban J connectivity index is 1.75. The third-order valence-electron chi connectivity index (χ3n) is 3.88. The second kappa shape index (κ2) is 6.84. The number of anilines is 1. The first-order chi connectivity index (χ1) is 11.5. The van der Waals surface area contributed by atoms with E-state index >= 15 is 0 Å². The molecule has 1 N–H and O–H groups in total. The van der Waals surface area contributed by atoms with Gasteiger partial charge in [-0.1, -0.05) is 6.92 Å². The molecule has 0 amide bonds. The number of aromatic nitrogens is 4. The Bertz CT molecular complexity index is 692. The lowest BCUT2D eigenvalue weighted by Crippen LogP contribution is -2.20. The van der Waals surface area contributed by atoms with Crippen LogP contribution >= 0.6 is 0 Å². The smallest absolute Gasteiger partial charge is 0.375 e. The number of nitrogens with zero attached hydrogens (tertiary/aromatic N) is 4. The fraction of sp³-hybridized carbons (Fsp3) is 0.600. The van der Waals surface area contributed by atoms with E-state index in [0.29, 0.717) is 25.0 Å². The first-order valence-electron chi connectivity index (χ1n) is 7.94. The fourth-order valence-electron chi connectivity index (χ4n) is 2.87. The number of ether oxygens (including phenoxy) is 1. The van der Waals surface area contributed by atoms with Gasteiger partial charge in [0, 0.05) is 31.1 Å². The molecule has 9 heteroatoms. The number of imidazole rings is 2. The topological polar surface area (TPSA) is 56.9 Å². The van der Waals surface area contributed by atoms with Gasteiger partial charge in [0.05, 0.1) is 25.5 Å². The molecule has 2 aromatic rings. The van der Waals surface area contributed by atoms with E-state index in [4.69, 9.17) is 4.74 Å². The molecule has 0 radical (unpaired) electrons. The molecule has 0 atom stereocenters. The van der Waals surface area contributed by atoms with E-state index in [2.05, 4.69) is 26.8 Å². The largest absolute Gasteiger partial charge is 0.406 e. The molecule has 2 aromatic heterocycles. The van der Waals surface area contributed by atoms with Crippen molar-refractivity contribution in [2.24, 2.45) is 0 Å². The van der Waals surface area contributed by atoms with E-state index < -0.39 is 12.7 Å². The van der Waals surface area contributed by atoms with Crippen molar-refractivity contribution in [3.05, 3.63) is 29.6 Å². The Morgan fingerprint density at radius 3 is 2.96 bits per heavy atom. The van der Waals surface area contributed by atoms with E-state index in [-0.39, 0.29) is 6.54 Å². The van der Waals surface area contributed by atoms with E-state index in [1.807, 2.05) is 0 Å². The second-order valence-corrected chi connectivity index (χ2v) is 5.72. The number of fused-ring (bicyclic) bond motifs is 1. The minimum absolute atomic E-state index is 0.184. The highest BCUT2D eigenvalue weighted by Gasteiger charge is 2.29. The zero-order chi connectivity index (χ0) is 17.2. The molecule has 0 spiro atoms. The van der Waals surface area contributed by atoms with Crippen LogP contribution < -0.4 is 5.32 Å². The predicted octanol–water partition coefficient (Wildman–Crippen LogP) is 2.74. The second-order valence-electron chi connectivity index (χ2n) is 5.72. The molecule has 0 saturated heterocycles. The van der Waals surface area contributed by atoms with Crippen LogP contribution in [0.3, 0.4) is 0 Å². The molecule has 1 aliphatic heterocycles. The lowest BCUT2D eigenvalue weighted by atomic mass is 10.2. The van der Waals surface area contributed by atoms with Crippen molar-refractivity contribution in [3.63, 3.8) is 0 Å². The third-order valence-corrected chi connectivity index (χ3v) is 3.88. The lowest BCUT2D eigenvalue weighted by molar-refractivity contribution is -0.141. The van der Waals surface area contributed by atoms with Gasteiger partial charge in [0.2, 0.25) is 5.95 Å². The van der Waals surface area contributed by atoms with Crippen molar-refractivity contribution in [3.8, 4) is 0 Å². The number of hydrogen-bond donors (Lipinski definition) is 1. The first kappa shape index (κ1) is 16.8. The molecule has 0 aromatic carbocycles. The summed E-state index contributed by atoms with van der Waals surface area (Å²) in [5.41, 5.74) is 2.04. The molecule has 3 rings (SSSR count). The van der Waals surface area contributed by atoms with Crippen LogP contribution in [0.1, 0.15) is 30.6 Å². The standard InChI is InChI=1S/C15H20F3N5O/c1-2-5-23-12-3-7-24-9-11(12)21-14(23)20-8-13-19-4-6-22(13)10-15(16,17)18/h4,6H,2-3,5,7-10H2,1H3,(H,20,21). The molecular formula is C15H20F3N5O. The minimum Gasteiger partial charge on any atom is -0.375 e. The van der Waals surface area contributed by atoms with Crippen LogP contribution in [0.15, 0.2) is 12.4 Å². The van der Waals surface area contributed by atoms with Crippen molar-refractivity contribution < 1.29 is 17.9 Å². The molecule has 0 bridgehead atoms. The molecule has 3 heterocycles. The summed E-state index contributed by atoms with van der Waals surface area (Å²) < 4.78 is 46.4. The van der Waals surface area contributed by atoms with Crippen LogP contribution in [0, 0.1) is 0 Å². The summed E-state index contributed by atoms with van der Waals surface area (Å²) in [4.78, 5) is 8.55. The highest BCUT2D eigenvalue weighted by molar-refractivity contribution is 5.35. The SMILES string of the molecule is CCCn1c(NCc2nccn2CC(F)(F)F)nc2c1CCOC2. The Kier molecular flexibility index (Phi) is 4.79. The summed E-state index contributed by atoms with van der Waals surface area (Å²) in [7, 11) is 0. The van der Waals surface area contributed by atoms with Crippen molar-refractivity contribution in [1.29, 1.82) is 0 Å². The van der Waals surface area contributed by atoms with Crippen molar-refractivity contribution in [2.75, 3.05) is 11.9 Å². The van der Waals surface area contributed by atoms with Gasteiger partial charge in [0.1, 0.15) is 12.4 Å². The number of rotatable bonds is 6. The van der Waals surface area contributed by atoms with Crippen LogP contribution in [0.4, 0.5) is 19.1 Å². The molecular weight excluding hydrogens is 323 g/mol. The molecule has 0 unspecified atom stereocenters. The summed E-state index contributed by atoms with van der Waals surface area (Å²) in [6.45, 7) is 3.16. The van der Waals surface area contributed by atoms with Crippen molar-refractivity contribution in [1.82, 2.24) is 19.1 Å². The molecule has 0 saturated carbocycles. The number of alkyl halides is 3. The lowest BCUT2D eigenvalue weighted by Gasteiger charge is -2.15. The third kappa shape index (κ3) is 3.72. The van der Waals surface area contributed by atoms with E-state index in [1.54, 1.807) is 0 Å². The highest BCUT2D eigenvalue weighted by atomic mass is 19.4. The highest BCUT2D eigenvalue weighted by Crippen LogP contribution is 2.23. The maximum atomic E-state index is 12.6. The summed E-state index contributed by atoms with van der Waals surface area (Å²) in [5, 5.41) is 3.13.